The molecule has 0 saturated heterocycles. The van der Waals surface area contributed by atoms with Gasteiger partial charge in [-0.2, -0.15) is 5.10 Å². The Hall–Kier alpha value is -1.79. The van der Waals surface area contributed by atoms with E-state index in [4.69, 9.17) is 4.98 Å². The smallest absolute Gasteiger partial charge is 0.138 e. The maximum Gasteiger partial charge on any atom is 0.138 e. The SMILES string of the molecule is CCNCc1c(Sc2cc(C)nn2C)nc2ccccn12. The number of nitrogens with one attached hydrogen (secondary N) is 1. The van der Waals surface area contributed by atoms with Gasteiger partial charge in [-0.3, -0.25) is 4.68 Å². The van der Waals surface area contributed by atoms with Crippen molar-refractivity contribution in [3.63, 3.8) is 0 Å². The highest BCUT2D eigenvalue weighted by Crippen LogP contribution is 2.30. The topological polar surface area (TPSA) is 47.2 Å². The molecule has 0 aliphatic rings. The normalized spacial score (nSPS) is 11.4. The number of hydrogen-bond acceptors (Lipinski definition) is 4. The first-order valence-corrected chi connectivity index (χ1v) is 7.86. The summed E-state index contributed by atoms with van der Waals surface area (Å²) in [6.45, 7) is 5.86. The number of aromatic nitrogens is 4. The van der Waals surface area contributed by atoms with Crippen molar-refractivity contribution in [3.05, 3.63) is 41.9 Å². The van der Waals surface area contributed by atoms with Crippen molar-refractivity contribution in [2.75, 3.05) is 6.54 Å². The van der Waals surface area contributed by atoms with Crippen molar-refractivity contribution in [1.29, 1.82) is 0 Å². The number of imidazole rings is 1. The molecular weight excluding hydrogens is 282 g/mol. The number of nitrogens with zero attached hydrogens (tertiary/aromatic N) is 4. The summed E-state index contributed by atoms with van der Waals surface area (Å²) in [5.41, 5.74) is 3.19. The van der Waals surface area contributed by atoms with E-state index >= 15 is 0 Å². The van der Waals surface area contributed by atoms with E-state index in [0.29, 0.717) is 0 Å². The third-order valence-electron chi connectivity index (χ3n) is 3.29. The molecule has 110 valence electrons. The van der Waals surface area contributed by atoms with Crippen LogP contribution in [0.1, 0.15) is 18.3 Å². The molecule has 0 saturated carbocycles. The molecule has 0 radical (unpaired) electrons. The van der Waals surface area contributed by atoms with Gasteiger partial charge in [0.05, 0.1) is 11.4 Å². The summed E-state index contributed by atoms with van der Waals surface area (Å²) in [6.07, 6.45) is 2.06. The van der Waals surface area contributed by atoms with Crippen molar-refractivity contribution in [2.24, 2.45) is 7.05 Å². The summed E-state index contributed by atoms with van der Waals surface area (Å²) < 4.78 is 4.05. The van der Waals surface area contributed by atoms with Gasteiger partial charge >= 0.3 is 0 Å². The second-order valence-corrected chi connectivity index (χ2v) is 5.93. The van der Waals surface area contributed by atoms with Crippen LogP contribution in [0.4, 0.5) is 0 Å². The predicted octanol–water partition coefficient (Wildman–Crippen LogP) is 2.64. The van der Waals surface area contributed by atoms with Gasteiger partial charge in [0, 0.05) is 19.8 Å². The average Bonchev–Trinajstić information content (AvgIpc) is 2.97. The molecule has 0 unspecified atom stereocenters. The molecule has 21 heavy (non-hydrogen) atoms. The van der Waals surface area contributed by atoms with Gasteiger partial charge in [-0.1, -0.05) is 13.0 Å². The van der Waals surface area contributed by atoms with E-state index in [2.05, 4.69) is 34.0 Å². The Morgan fingerprint density at radius 1 is 1.33 bits per heavy atom. The van der Waals surface area contributed by atoms with Crippen LogP contribution in [-0.2, 0) is 13.6 Å². The molecule has 3 aromatic rings. The van der Waals surface area contributed by atoms with Crippen LogP contribution < -0.4 is 5.32 Å². The van der Waals surface area contributed by atoms with Gasteiger partial charge in [0.25, 0.3) is 0 Å². The Morgan fingerprint density at radius 2 is 2.19 bits per heavy atom. The Balaban J connectivity index is 2.02. The monoisotopic (exact) mass is 301 g/mol. The Kier molecular flexibility index (Phi) is 3.98. The van der Waals surface area contributed by atoms with E-state index in [1.54, 1.807) is 11.8 Å². The lowest BCUT2D eigenvalue weighted by atomic mass is 10.4. The third kappa shape index (κ3) is 2.82. The molecule has 0 fully saturated rings. The summed E-state index contributed by atoms with van der Waals surface area (Å²) in [7, 11) is 1.97. The minimum Gasteiger partial charge on any atom is -0.311 e. The summed E-state index contributed by atoms with van der Waals surface area (Å²) in [5, 5.41) is 9.93. The summed E-state index contributed by atoms with van der Waals surface area (Å²) in [5.74, 6) is 0. The van der Waals surface area contributed by atoms with Crippen molar-refractivity contribution in [2.45, 2.75) is 30.4 Å². The van der Waals surface area contributed by atoms with E-state index in [0.717, 1.165) is 34.5 Å². The minimum atomic E-state index is 0.806. The number of pyridine rings is 1. The lowest BCUT2D eigenvalue weighted by molar-refractivity contribution is 0.685. The summed E-state index contributed by atoms with van der Waals surface area (Å²) in [6, 6.07) is 8.18. The highest BCUT2D eigenvalue weighted by atomic mass is 32.2. The number of aryl methyl sites for hydroxylation is 2. The van der Waals surface area contributed by atoms with Gasteiger partial charge in [-0.25, -0.2) is 4.98 Å². The molecular formula is C15H19N5S. The first-order valence-electron chi connectivity index (χ1n) is 7.04. The van der Waals surface area contributed by atoms with Crippen molar-refractivity contribution in [1.82, 2.24) is 24.5 Å². The Morgan fingerprint density at radius 3 is 2.90 bits per heavy atom. The van der Waals surface area contributed by atoms with E-state index in [1.165, 1.54) is 5.69 Å². The fourth-order valence-electron chi connectivity index (χ4n) is 2.29. The first kappa shape index (κ1) is 14.2. The maximum absolute atomic E-state index is 4.76. The Bertz CT molecular complexity index is 759. The molecule has 1 N–H and O–H groups in total. The molecule has 0 bridgehead atoms. The van der Waals surface area contributed by atoms with Crippen LogP contribution in [0.5, 0.6) is 0 Å². The van der Waals surface area contributed by atoms with Crippen LogP contribution in [0, 0.1) is 6.92 Å². The third-order valence-corrected chi connectivity index (χ3v) is 4.41. The van der Waals surface area contributed by atoms with Crippen LogP contribution in [0.25, 0.3) is 5.65 Å². The molecule has 3 rings (SSSR count). The van der Waals surface area contributed by atoms with E-state index in [-0.39, 0.29) is 0 Å². The standard InChI is InChI=1S/C15H19N5S/c1-4-16-10-12-15(17-13-7-5-6-8-20(12)13)21-14-9-11(2)18-19(14)3/h5-9,16H,4,10H2,1-3H3. The average molecular weight is 301 g/mol. The second kappa shape index (κ2) is 5.91. The lowest BCUT2D eigenvalue weighted by Crippen LogP contribution is -2.14. The fourth-order valence-corrected chi connectivity index (χ4v) is 3.32. The zero-order valence-electron chi connectivity index (χ0n) is 12.5. The number of hydrogen-bond donors (Lipinski definition) is 1. The summed E-state index contributed by atoms with van der Waals surface area (Å²) >= 11 is 1.67. The van der Waals surface area contributed by atoms with Gasteiger partial charge < -0.3 is 9.72 Å². The van der Waals surface area contributed by atoms with Gasteiger partial charge in [-0.05, 0) is 43.4 Å². The maximum atomic E-state index is 4.76. The lowest BCUT2D eigenvalue weighted by Gasteiger charge is -2.05. The molecule has 0 aliphatic heterocycles. The zero-order chi connectivity index (χ0) is 14.8. The van der Waals surface area contributed by atoms with Crippen LogP contribution in [0.2, 0.25) is 0 Å². The fraction of sp³-hybridized carbons (Fsp3) is 0.333. The minimum absolute atomic E-state index is 0.806. The van der Waals surface area contributed by atoms with Crippen LogP contribution in [-0.4, -0.2) is 25.7 Å². The number of fused-ring (bicyclic) bond motifs is 1. The van der Waals surface area contributed by atoms with Gasteiger partial charge in [0.15, 0.2) is 0 Å². The van der Waals surface area contributed by atoms with Gasteiger partial charge in [0.2, 0.25) is 0 Å². The molecule has 6 heteroatoms. The Labute approximate surface area is 128 Å². The highest BCUT2D eigenvalue weighted by molar-refractivity contribution is 7.99. The van der Waals surface area contributed by atoms with Crippen molar-refractivity contribution >= 4 is 17.4 Å². The molecule has 0 aliphatic carbocycles. The van der Waals surface area contributed by atoms with Crippen molar-refractivity contribution < 1.29 is 0 Å². The molecule has 5 nitrogen and oxygen atoms in total. The van der Waals surface area contributed by atoms with Crippen LogP contribution in [0.15, 0.2) is 40.5 Å². The van der Waals surface area contributed by atoms with Crippen molar-refractivity contribution in [3.8, 4) is 0 Å². The van der Waals surface area contributed by atoms with Gasteiger partial charge in [0.1, 0.15) is 15.7 Å². The van der Waals surface area contributed by atoms with E-state index in [9.17, 15) is 0 Å². The number of rotatable bonds is 5. The van der Waals surface area contributed by atoms with Gasteiger partial charge in [-0.15, -0.1) is 0 Å². The largest absolute Gasteiger partial charge is 0.311 e. The highest BCUT2D eigenvalue weighted by Gasteiger charge is 2.14. The zero-order valence-corrected chi connectivity index (χ0v) is 13.3. The molecule has 0 amide bonds. The molecule has 0 aromatic carbocycles. The summed E-state index contributed by atoms with van der Waals surface area (Å²) in [4.78, 5) is 4.76. The van der Waals surface area contributed by atoms with Crippen LogP contribution in [0.3, 0.4) is 0 Å². The quantitative estimate of drug-likeness (QED) is 0.787. The molecule has 0 atom stereocenters. The van der Waals surface area contributed by atoms with E-state index in [1.807, 2.05) is 36.9 Å². The molecule has 0 spiro atoms. The molecule has 3 aromatic heterocycles. The predicted molar refractivity (Wildman–Crippen MR) is 84.6 cm³/mol. The van der Waals surface area contributed by atoms with Crippen LogP contribution >= 0.6 is 11.8 Å². The molecule has 3 heterocycles. The second-order valence-electron chi connectivity index (χ2n) is 4.92. The first-order chi connectivity index (χ1) is 10.2. The van der Waals surface area contributed by atoms with E-state index < -0.39 is 0 Å².